The Morgan fingerprint density at radius 2 is 2.07 bits per heavy atom. The maximum absolute atomic E-state index is 12.1. The average Bonchev–Trinajstić information content (AvgIpc) is 3.15. The summed E-state index contributed by atoms with van der Waals surface area (Å²) in [5, 5.41) is 24.8. The van der Waals surface area contributed by atoms with Crippen molar-refractivity contribution in [1.82, 2.24) is 15.6 Å². The molecule has 0 spiro atoms. The number of nitro groups is 1. The minimum atomic E-state index is -0.623. The van der Waals surface area contributed by atoms with Crippen molar-refractivity contribution in [3.05, 3.63) is 58.2 Å². The van der Waals surface area contributed by atoms with Crippen LogP contribution >= 0.6 is 0 Å². The minimum Gasteiger partial charge on any atom is -0.403 e. The topological polar surface area (TPSA) is 136 Å². The van der Waals surface area contributed by atoms with Gasteiger partial charge in [-0.1, -0.05) is 23.3 Å². The number of aromatic nitrogens is 2. The number of hydrogen-bond donors (Lipinski definition) is 2. The Labute approximate surface area is 166 Å². The highest BCUT2D eigenvalue weighted by molar-refractivity contribution is 6.01. The number of non-ortho nitro benzene ring substituents is 1. The van der Waals surface area contributed by atoms with E-state index in [1.807, 2.05) is 13.8 Å². The SMILES string of the molecule is C=C(C)C1CC=C(C)/C(=N/NC(=O)Nc2nnc(-c3ccc([N+](=O)[O-])cc3)o2)C1. The van der Waals surface area contributed by atoms with Gasteiger partial charge in [0.1, 0.15) is 0 Å². The third kappa shape index (κ3) is 4.92. The molecule has 2 N–H and O–H groups in total. The van der Waals surface area contributed by atoms with Crippen LogP contribution in [0.1, 0.15) is 26.7 Å². The van der Waals surface area contributed by atoms with Crippen molar-refractivity contribution >= 4 is 23.4 Å². The Kier molecular flexibility index (Phi) is 5.82. The predicted molar refractivity (Wildman–Crippen MR) is 107 cm³/mol. The average molecular weight is 396 g/mol. The largest absolute Gasteiger partial charge is 0.403 e. The highest BCUT2D eigenvalue weighted by atomic mass is 16.6. The summed E-state index contributed by atoms with van der Waals surface area (Å²) in [6, 6.07) is 4.88. The molecule has 0 aliphatic heterocycles. The molecule has 1 unspecified atom stereocenters. The summed E-state index contributed by atoms with van der Waals surface area (Å²) in [6.07, 6.45) is 3.71. The number of nitro benzene ring substituents is 1. The van der Waals surface area contributed by atoms with Crippen LogP contribution in [0.5, 0.6) is 0 Å². The zero-order valence-corrected chi connectivity index (χ0v) is 16.0. The fourth-order valence-electron chi connectivity index (χ4n) is 2.78. The van der Waals surface area contributed by atoms with Crippen molar-refractivity contribution in [2.75, 3.05) is 5.32 Å². The molecule has 0 radical (unpaired) electrons. The van der Waals surface area contributed by atoms with E-state index in [4.69, 9.17) is 4.42 Å². The number of amides is 2. The standard InChI is InChI=1S/C19H20N6O4/c1-11(2)14-5-4-12(3)16(10-14)21-23-18(26)20-19-24-22-17(29-19)13-6-8-15(9-7-13)25(27)28/h4,6-9,14H,1,5,10H2,2-3H3,(H2,20,23,24,26)/b21-16+. The van der Waals surface area contributed by atoms with Gasteiger partial charge in [0.15, 0.2) is 0 Å². The van der Waals surface area contributed by atoms with Crippen LogP contribution in [0.15, 0.2) is 57.6 Å². The molecule has 0 bridgehead atoms. The van der Waals surface area contributed by atoms with Gasteiger partial charge in [-0.15, -0.1) is 5.10 Å². The first kappa shape index (κ1) is 19.9. The van der Waals surface area contributed by atoms with Crippen LogP contribution in [0.25, 0.3) is 11.5 Å². The normalized spacial score (nSPS) is 17.5. The van der Waals surface area contributed by atoms with Crippen LogP contribution in [0.3, 0.4) is 0 Å². The van der Waals surface area contributed by atoms with Gasteiger partial charge in [-0.05, 0) is 50.3 Å². The van der Waals surface area contributed by atoms with Crippen molar-refractivity contribution in [2.45, 2.75) is 26.7 Å². The molecule has 2 amide bonds. The van der Waals surface area contributed by atoms with E-state index < -0.39 is 11.0 Å². The number of nitrogens with one attached hydrogen (secondary N) is 2. The van der Waals surface area contributed by atoms with Crippen LogP contribution < -0.4 is 10.7 Å². The quantitative estimate of drug-likeness (QED) is 0.444. The van der Waals surface area contributed by atoms with E-state index in [0.29, 0.717) is 17.9 Å². The lowest BCUT2D eigenvalue weighted by Crippen LogP contribution is -2.27. The van der Waals surface area contributed by atoms with Gasteiger partial charge in [0.2, 0.25) is 5.89 Å². The fraction of sp³-hybridized carbons (Fsp3) is 0.263. The second-order valence-corrected chi connectivity index (χ2v) is 6.71. The molecule has 1 aromatic heterocycles. The van der Waals surface area contributed by atoms with E-state index in [1.54, 1.807) is 0 Å². The minimum absolute atomic E-state index is 0.0500. The van der Waals surface area contributed by atoms with E-state index in [9.17, 15) is 14.9 Å². The van der Waals surface area contributed by atoms with Crippen molar-refractivity contribution in [3.63, 3.8) is 0 Å². The van der Waals surface area contributed by atoms with Crippen LogP contribution in [-0.4, -0.2) is 26.9 Å². The number of nitrogens with zero attached hydrogens (tertiary/aromatic N) is 4. The first-order valence-corrected chi connectivity index (χ1v) is 8.88. The first-order valence-electron chi connectivity index (χ1n) is 8.88. The lowest BCUT2D eigenvalue weighted by Gasteiger charge is -2.22. The lowest BCUT2D eigenvalue weighted by molar-refractivity contribution is -0.384. The van der Waals surface area contributed by atoms with Crippen LogP contribution in [0, 0.1) is 16.0 Å². The van der Waals surface area contributed by atoms with Crippen molar-refractivity contribution < 1.29 is 14.1 Å². The van der Waals surface area contributed by atoms with E-state index in [1.165, 1.54) is 24.3 Å². The molecule has 10 heteroatoms. The monoisotopic (exact) mass is 396 g/mol. The fourth-order valence-corrected chi connectivity index (χ4v) is 2.78. The number of hydrogen-bond acceptors (Lipinski definition) is 7. The van der Waals surface area contributed by atoms with Gasteiger partial charge in [0, 0.05) is 17.7 Å². The van der Waals surface area contributed by atoms with Gasteiger partial charge in [-0.25, -0.2) is 10.2 Å². The van der Waals surface area contributed by atoms with Crippen LogP contribution in [0.2, 0.25) is 0 Å². The second-order valence-electron chi connectivity index (χ2n) is 6.71. The first-order chi connectivity index (χ1) is 13.8. The summed E-state index contributed by atoms with van der Waals surface area (Å²) >= 11 is 0. The zero-order chi connectivity index (χ0) is 21.0. The summed E-state index contributed by atoms with van der Waals surface area (Å²) in [4.78, 5) is 22.3. The highest BCUT2D eigenvalue weighted by Crippen LogP contribution is 2.26. The van der Waals surface area contributed by atoms with Crippen molar-refractivity contribution in [1.29, 1.82) is 0 Å². The molecule has 10 nitrogen and oxygen atoms in total. The third-order valence-electron chi connectivity index (χ3n) is 4.56. The molecule has 2 aromatic rings. The zero-order valence-electron chi connectivity index (χ0n) is 16.0. The Hall–Kier alpha value is -3.82. The van der Waals surface area contributed by atoms with Crippen molar-refractivity contribution in [3.8, 4) is 11.5 Å². The molecule has 3 rings (SSSR count). The van der Waals surface area contributed by atoms with Gasteiger partial charge in [0.25, 0.3) is 5.69 Å². The Bertz CT molecular complexity index is 1010. The summed E-state index contributed by atoms with van der Waals surface area (Å²) in [7, 11) is 0. The maximum atomic E-state index is 12.1. The molecular weight excluding hydrogens is 376 g/mol. The number of benzene rings is 1. The molecule has 1 aliphatic carbocycles. The number of rotatable bonds is 5. The number of carbonyl (C=O) groups is 1. The Morgan fingerprint density at radius 3 is 2.72 bits per heavy atom. The summed E-state index contributed by atoms with van der Waals surface area (Å²) in [5.41, 5.74) is 5.75. The van der Waals surface area contributed by atoms with E-state index in [-0.39, 0.29) is 17.6 Å². The Balaban J connectivity index is 1.61. The molecule has 0 saturated carbocycles. The molecule has 29 heavy (non-hydrogen) atoms. The molecular formula is C19H20N6O4. The van der Waals surface area contributed by atoms with Gasteiger partial charge in [-0.2, -0.15) is 5.10 Å². The lowest BCUT2D eigenvalue weighted by atomic mass is 9.85. The molecule has 1 aliphatic rings. The van der Waals surface area contributed by atoms with E-state index >= 15 is 0 Å². The molecule has 1 atom stereocenters. The third-order valence-corrected chi connectivity index (χ3v) is 4.56. The smallest absolute Gasteiger partial charge is 0.343 e. The highest BCUT2D eigenvalue weighted by Gasteiger charge is 2.19. The van der Waals surface area contributed by atoms with E-state index in [2.05, 4.69) is 38.7 Å². The molecule has 0 fully saturated rings. The summed E-state index contributed by atoms with van der Waals surface area (Å²) in [5.74, 6) is 0.430. The van der Waals surface area contributed by atoms with Crippen molar-refractivity contribution in [2.24, 2.45) is 11.0 Å². The molecule has 1 aromatic carbocycles. The van der Waals surface area contributed by atoms with Crippen LogP contribution in [0.4, 0.5) is 16.5 Å². The van der Waals surface area contributed by atoms with Gasteiger partial charge >= 0.3 is 12.0 Å². The van der Waals surface area contributed by atoms with Gasteiger partial charge < -0.3 is 4.42 Å². The van der Waals surface area contributed by atoms with Crippen LogP contribution in [-0.2, 0) is 0 Å². The maximum Gasteiger partial charge on any atom is 0.343 e. The number of anilines is 1. The predicted octanol–water partition coefficient (Wildman–Crippen LogP) is 4.05. The number of hydrazone groups is 1. The number of urea groups is 1. The summed E-state index contributed by atoms with van der Waals surface area (Å²) < 4.78 is 5.37. The number of allylic oxidation sites excluding steroid dienone is 3. The van der Waals surface area contributed by atoms with Gasteiger partial charge in [0.05, 0.1) is 10.6 Å². The molecule has 0 saturated heterocycles. The molecule has 1 heterocycles. The van der Waals surface area contributed by atoms with E-state index in [0.717, 1.165) is 23.3 Å². The molecule has 150 valence electrons. The second kappa shape index (κ2) is 8.46. The summed E-state index contributed by atoms with van der Waals surface area (Å²) in [6.45, 7) is 7.91. The Morgan fingerprint density at radius 1 is 1.34 bits per heavy atom. The van der Waals surface area contributed by atoms with Gasteiger partial charge in [-0.3, -0.25) is 15.4 Å². The number of carbonyl (C=O) groups excluding carboxylic acids is 1.